The number of methoxy groups -OCH3 is 1. The molecule has 2 aromatic carbocycles. The highest BCUT2D eigenvalue weighted by Gasteiger charge is 2.31. The summed E-state index contributed by atoms with van der Waals surface area (Å²) in [4.78, 5) is 15.0. The maximum absolute atomic E-state index is 13.9. The molecule has 0 unspecified atom stereocenters. The fraction of sp³-hybridized carbons (Fsp3) is 0.278. The molecule has 1 amide bonds. The van der Waals surface area contributed by atoms with Gasteiger partial charge in [0.2, 0.25) is 5.82 Å². The molecule has 4 nitrogen and oxygen atoms in total. The fourth-order valence-corrected chi connectivity index (χ4v) is 2.94. The van der Waals surface area contributed by atoms with Crippen LogP contribution < -0.4 is 9.64 Å². The summed E-state index contributed by atoms with van der Waals surface area (Å²) in [5.74, 6) is -9.73. The van der Waals surface area contributed by atoms with Crippen molar-refractivity contribution in [3.05, 3.63) is 58.9 Å². The van der Waals surface area contributed by atoms with E-state index in [0.717, 1.165) is 4.90 Å². The highest BCUT2D eigenvalue weighted by molar-refractivity contribution is 5.94. The van der Waals surface area contributed by atoms with Crippen molar-refractivity contribution in [3.63, 3.8) is 0 Å². The molecule has 9 heteroatoms. The number of carbonyl (C=O) groups excluding carboxylic acids is 1. The van der Waals surface area contributed by atoms with E-state index in [1.54, 1.807) is 24.3 Å². The normalized spacial score (nSPS) is 14.4. The Morgan fingerprint density at radius 1 is 0.889 bits per heavy atom. The summed E-state index contributed by atoms with van der Waals surface area (Å²) in [7, 11) is 1.46. The Morgan fingerprint density at radius 2 is 1.44 bits per heavy atom. The first-order valence-corrected chi connectivity index (χ1v) is 8.04. The molecule has 0 radical (unpaired) electrons. The average Bonchev–Trinajstić information content (AvgIpc) is 2.71. The van der Waals surface area contributed by atoms with E-state index in [1.165, 1.54) is 12.0 Å². The van der Waals surface area contributed by atoms with Crippen molar-refractivity contribution < 1.29 is 31.5 Å². The maximum Gasteiger partial charge on any atom is 0.254 e. The quantitative estimate of drug-likeness (QED) is 0.461. The third kappa shape index (κ3) is 3.41. The van der Waals surface area contributed by atoms with Gasteiger partial charge >= 0.3 is 0 Å². The van der Waals surface area contributed by atoms with Crippen molar-refractivity contribution >= 4 is 11.6 Å². The zero-order valence-electron chi connectivity index (χ0n) is 14.2. The van der Waals surface area contributed by atoms with Gasteiger partial charge in [0.25, 0.3) is 5.91 Å². The summed E-state index contributed by atoms with van der Waals surface area (Å²) in [6, 6.07) is 6.48. The Kier molecular flexibility index (Phi) is 5.20. The molecule has 0 saturated carbocycles. The lowest BCUT2D eigenvalue weighted by Crippen LogP contribution is -2.49. The number of halogens is 5. The van der Waals surface area contributed by atoms with E-state index >= 15 is 0 Å². The number of amides is 1. The minimum absolute atomic E-state index is 0.0650. The molecule has 1 aliphatic heterocycles. The number of anilines is 1. The number of nitrogens with zero attached hydrogens (tertiary/aromatic N) is 2. The van der Waals surface area contributed by atoms with E-state index in [9.17, 15) is 26.7 Å². The number of carbonyl (C=O) groups is 1. The van der Waals surface area contributed by atoms with E-state index in [-0.39, 0.29) is 32.1 Å². The highest BCUT2D eigenvalue weighted by Crippen LogP contribution is 2.31. The van der Waals surface area contributed by atoms with Crippen molar-refractivity contribution in [1.29, 1.82) is 0 Å². The topological polar surface area (TPSA) is 32.8 Å². The molecule has 144 valence electrons. The molecular weight excluding hydrogens is 371 g/mol. The van der Waals surface area contributed by atoms with E-state index < -0.39 is 34.8 Å². The first-order valence-electron chi connectivity index (χ1n) is 8.04. The Hall–Kier alpha value is -2.84. The van der Waals surface area contributed by atoms with E-state index in [1.807, 2.05) is 0 Å². The van der Waals surface area contributed by atoms with Gasteiger partial charge in [0, 0.05) is 31.7 Å². The third-order valence-corrected chi connectivity index (χ3v) is 4.39. The smallest absolute Gasteiger partial charge is 0.254 e. The summed E-state index contributed by atoms with van der Waals surface area (Å²) in [6.07, 6.45) is 0. The van der Waals surface area contributed by atoms with Crippen LogP contribution in [0.15, 0.2) is 24.3 Å². The average molecular weight is 386 g/mol. The molecule has 1 fully saturated rings. The molecule has 0 aromatic heterocycles. The number of benzene rings is 2. The molecule has 27 heavy (non-hydrogen) atoms. The number of hydrogen-bond donors (Lipinski definition) is 0. The standard InChI is InChI=1S/C18H15F5N2O2/c1-27-11-4-2-3-10(9-11)18(26)25-7-5-24(6-8-25)17-15(22)13(20)12(19)14(21)16(17)23/h2-4,9H,5-8H2,1H3. The van der Waals surface area contributed by atoms with Gasteiger partial charge in [0.15, 0.2) is 23.3 Å². The van der Waals surface area contributed by atoms with Crippen LogP contribution in [0, 0.1) is 29.1 Å². The lowest BCUT2D eigenvalue weighted by molar-refractivity contribution is 0.0746. The summed E-state index contributed by atoms with van der Waals surface area (Å²) < 4.78 is 72.9. The van der Waals surface area contributed by atoms with Gasteiger partial charge in [-0.1, -0.05) is 6.07 Å². The molecule has 0 spiro atoms. The third-order valence-electron chi connectivity index (χ3n) is 4.39. The minimum Gasteiger partial charge on any atom is -0.497 e. The molecule has 0 aliphatic carbocycles. The van der Waals surface area contributed by atoms with Gasteiger partial charge in [-0.15, -0.1) is 0 Å². The zero-order valence-corrected chi connectivity index (χ0v) is 14.2. The number of hydrogen-bond acceptors (Lipinski definition) is 3. The van der Waals surface area contributed by atoms with Crippen molar-refractivity contribution in [2.75, 3.05) is 38.2 Å². The van der Waals surface area contributed by atoms with Gasteiger partial charge in [-0.2, -0.15) is 0 Å². The monoisotopic (exact) mass is 386 g/mol. The van der Waals surface area contributed by atoms with Crippen molar-refractivity contribution in [2.45, 2.75) is 0 Å². The van der Waals surface area contributed by atoms with Crippen molar-refractivity contribution in [3.8, 4) is 5.75 Å². The predicted octanol–water partition coefficient (Wildman–Crippen LogP) is 3.35. The van der Waals surface area contributed by atoms with Crippen LogP contribution in [0.1, 0.15) is 10.4 Å². The second kappa shape index (κ2) is 7.42. The zero-order chi connectivity index (χ0) is 19.7. The van der Waals surface area contributed by atoms with E-state index in [0.29, 0.717) is 11.3 Å². The number of piperazine rings is 1. The fourth-order valence-electron chi connectivity index (χ4n) is 2.94. The van der Waals surface area contributed by atoms with Gasteiger partial charge in [0.1, 0.15) is 11.4 Å². The lowest BCUT2D eigenvalue weighted by atomic mass is 10.1. The summed E-state index contributed by atoms with van der Waals surface area (Å²) >= 11 is 0. The molecule has 0 N–H and O–H groups in total. The van der Waals surface area contributed by atoms with Gasteiger partial charge in [-0.3, -0.25) is 4.79 Å². The van der Waals surface area contributed by atoms with Gasteiger partial charge < -0.3 is 14.5 Å². The van der Waals surface area contributed by atoms with Crippen molar-refractivity contribution in [2.24, 2.45) is 0 Å². The second-order valence-electron chi connectivity index (χ2n) is 5.93. The van der Waals surface area contributed by atoms with E-state index in [2.05, 4.69) is 0 Å². The van der Waals surface area contributed by atoms with Crippen LogP contribution in [0.25, 0.3) is 0 Å². The predicted molar refractivity (Wildman–Crippen MR) is 87.3 cm³/mol. The van der Waals surface area contributed by atoms with E-state index in [4.69, 9.17) is 4.74 Å². The molecule has 2 aromatic rings. The number of rotatable bonds is 3. The molecule has 1 saturated heterocycles. The SMILES string of the molecule is COc1cccc(C(=O)N2CCN(c3c(F)c(F)c(F)c(F)c3F)CC2)c1. The van der Waals surface area contributed by atoms with Crippen LogP contribution in [0.2, 0.25) is 0 Å². The number of ether oxygens (including phenoxy) is 1. The summed E-state index contributed by atoms with van der Waals surface area (Å²) in [6.45, 7) is -0.0206. The Labute approximate surface area is 151 Å². The Morgan fingerprint density at radius 3 is 2.00 bits per heavy atom. The highest BCUT2D eigenvalue weighted by atomic mass is 19.2. The first kappa shape index (κ1) is 18.9. The maximum atomic E-state index is 13.9. The molecule has 0 atom stereocenters. The van der Waals surface area contributed by atoms with Crippen LogP contribution in [0.4, 0.5) is 27.6 Å². The first-order chi connectivity index (χ1) is 12.8. The molecular formula is C18H15F5N2O2. The minimum atomic E-state index is -2.19. The molecule has 1 aliphatic rings. The largest absolute Gasteiger partial charge is 0.497 e. The Balaban J connectivity index is 1.77. The molecule has 3 rings (SSSR count). The van der Waals surface area contributed by atoms with Crippen LogP contribution >= 0.6 is 0 Å². The lowest BCUT2D eigenvalue weighted by Gasteiger charge is -2.36. The summed E-state index contributed by atoms with van der Waals surface area (Å²) in [5, 5.41) is 0. The summed E-state index contributed by atoms with van der Waals surface area (Å²) in [5.41, 5.74) is -0.598. The van der Waals surface area contributed by atoms with Crippen LogP contribution in [0.3, 0.4) is 0 Å². The van der Waals surface area contributed by atoms with Crippen LogP contribution in [0.5, 0.6) is 5.75 Å². The van der Waals surface area contributed by atoms with Gasteiger partial charge in [-0.05, 0) is 18.2 Å². The Bertz CT molecular complexity index is 853. The second-order valence-corrected chi connectivity index (χ2v) is 5.93. The van der Waals surface area contributed by atoms with Crippen LogP contribution in [-0.4, -0.2) is 44.1 Å². The van der Waals surface area contributed by atoms with Crippen LogP contribution in [-0.2, 0) is 0 Å². The molecule has 0 bridgehead atoms. The van der Waals surface area contributed by atoms with Gasteiger partial charge in [0.05, 0.1) is 7.11 Å². The molecule has 1 heterocycles. The van der Waals surface area contributed by atoms with Gasteiger partial charge in [-0.25, -0.2) is 22.0 Å². The van der Waals surface area contributed by atoms with Crippen molar-refractivity contribution in [1.82, 2.24) is 4.90 Å².